The molecular weight excluding hydrogens is 270 g/mol. The Morgan fingerprint density at radius 1 is 1.47 bits per heavy atom. The highest BCUT2D eigenvalue weighted by molar-refractivity contribution is 7.11. The number of nitrogens with one attached hydrogen (secondary N) is 2. The predicted octanol–water partition coefficient (Wildman–Crippen LogP) is 1.05. The molecule has 0 fully saturated rings. The van der Waals surface area contributed by atoms with E-state index >= 15 is 0 Å². The molecule has 10 heteroatoms. The molecule has 0 saturated heterocycles. The maximum atomic E-state index is 10.9. The van der Waals surface area contributed by atoms with E-state index in [9.17, 15) is 10.1 Å². The predicted molar refractivity (Wildman–Crippen MR) is 70.7 cm³/mol. The standard InChI is InChI=1S/C9H11N7O2S/c1-5-2-11-7(19-5)4-12-8-6(16(17)18)3-13-9(14-8)15-10/h2-3H,4,10H2,1H3,(H2,12,13,14,15). The van der Waals surface area contributed by atoms with Crippen LogP contribution >= 0.6 is 11.3 Å². The van der Waals surface area contributed by atoms with E-state index in [2.05, 4.69) is 25.7 Å². The highest BCUT2D eigenvalue weighted by Gasteiger charge is 2.17. The first-order valence-corrected chi connectivity index (χ1v) is 6.05. The summed E-state index contributed by atoms with van der Waals surface area (Å²) < 4.78 is 0. The van der Waals surface area contributed by atoms with Crippen molar-refractivity contribution in [3.63, 3.8) is 0 Å². The number of thiazole rings is 1. The summed E-state index contributed by atoms with van der Waals surface area (Å²) in [7, 11) is 0. The minimum atomic E-state index is -0.560. The number of rotatable bonds is 5. The lowest BCUT2D eigenvalue weighted by Gasteiger charge is -2.05. The third kappa shape index (κ3) is 3.11. The van der Waals surface area contributed by atoms with Crippen molar-refractivity contribution in [2.45, 2.75) is 13.5 Å². The highest BCUT2D eigenvalue weighted by Crippen LogP contribution is 2.23. The van der Waals surface area contributed by atoms with Gasteiger partial charge in [0.15, 0.2) is 0 Å². The van der Waals surface area contributed by atoms with Gasteiger partial charge in [-0.15, -0.1) is 11.3 Å². The summed E-state index contributed by atoms with van der Waals surface area (Å²) >= 11 is 1.50. The van der Waals surface area contributed by atoms with Gasteiger partial charge in [-0.2, -0.15) is 4.98 Å². The van der Waals surface area contributed by atoms with Crippen LogP contribution in [0.4, 0.5) is 17.5 Å². The third-order valence-electron chi connectivity index (χ3n) is 2.17. The second kappa shape index (κ2) is 5.54. The fourth-order valence-corrected chi connectivity index (χ4v) is 2.08. The molecule has 2 aromatic heterocycles. The average molecular weight is 281 g/mol. The zero-order valence-electron chi connectivity index (χ0n) is 9.95. The van der Waals surface area contributed by atoms with E-state index in [1.807, 2.05) is 6.92 Å². The molecule has 0 unspecified atom stereocenters. The molecule has 0 amide bonds. The summed E-state index contributed by atoms with van der Waals surface area (Å²) in [4.78, 5) is 23.1. The molecule has 9 nitrogen and oxygen atoms in total. The number of hydrogen-bond acceptors (Lipinski definition) is 9. The van der Waals surface area contributed by atoms with E-state index in [1.165, 1.54) is 11.3 Å². The number of nitrogen functional groups attached to an aromatic ring is 1. The van der Waals surface area contributed by atoms with Gasteiger partial charge in [0, 0.05) is 11.1 Å². The summed E-state index contributed by atoms with van der Waals surface area (Å²) in [6.45, 7) is 2.28. The first-order chi connectivity index (χ1) is 9.10. The van der Waals surface area contributed by atoms with Gasteiger partial charge < -0.3 is 5.32 Å². The minimum Gasteiger partial charge on any atom is -0.358 e. The van der Waals surface area contributed by atoms with Gasteiger partial charge >= 0.3 is 5.69 Å². The third-order valence-corrected chi connectivity index (χ3v) is 3.08. The zero-order valence-corrected chi connectivity index (χ0v) is 10.8. The number of aromatic nitrogens is 3. The number of aryl methyl sites for hydroxylation is 1. The molecule has 0 aliphatic heterocycles. The van der Waals surface area contributed by atoms with E-state index in [1.54, 1.807) is 6.20 Å². The fourth-order valence-electron chi connectivity index (χ4n) is 1.35. The van der Waals surface area contributed by atoms with E-state index in [4.69, 9.17) is 5.84 Å². The second-order valence-corrected chi connectivity index (χ2v) is 4.87. The van der Waals surface area contributed by atoms with Gasteiger partial charge in [0.05, 0.1) is 11.5 Å². The van der Waals surface area contributed by atoms with E-state index in [0.29, 0.717) is 6.54 Å². The van der Waals surface area contributed by atoms with Gasteiger partial charge in [0.25, 0.3) is 0 Å². The molecule has 0 spiro atoms. The SMILES string of the molecule is Cc1cnc(CNc2nc(NN)ncc2[N+](=O)[O-])s1. The van der Waals surface area contributed by atoms with Crippen molar-refractivity contribution in [3.8, 4) is 0 Å². The van der Waals surface area contributed by atoms with Gasteiger partial charge in [-0.25, -0.2) is 15.8 Å². The van der Waals surface area contributed by atoms with Crippen LogP contribution in [0, 0.1) is 17.0 Å². The van der Waals surface area contributed by atoms with Gasteiger partial charge in [0.1, 0.15) is 11.2 Å². The summed E-state index contributed by atoms with van der Waals surface area (Å²) in [6.07, 6.45) is 2.83. The molecule has 100 valence electrons. The monoisotopic (exact) mass is 281 g/mol. The Kier molecular flexibility index (Phi) is 3.82. The number of anilines is 2. The number of hydrogen-bond donors (Lipinski definition) is 3. The summed E-state index contributed by atoms with van der Waals surface area (Å²) in [5.41, 5.74) is 2.02. The lowest BCUT2D eigenvalue weighted by molar-refractivity contribution is -0.384. The molecular formula is C9H11N7O2S. The first kappa shape index (κ1) is 13.1. The molecule has 0 atom stereocenters. The van der Waals surface area contributed by atoms with E-state index in [0.717, 1.165) is 16.1 Å². The highest BCUT2D eigenvalue weighted by atomic mass is 32.1. The van der Waals surface area contributed by atoms with Gasteiger partial charge in [-0.05, 0) is 6.92 Å². The Labute approximate surface area is 112 Å². The smallest absolute Gasteiger partial charge is 0.329 e. The lowest BCUT2D eigenvalue weighted by Crippen LogP contribution is -2.13. The topological polar surface area (TPSA) is 132 Å². The van der Waals surface area contributed by atoms with Crippen LogP contribution in [-0.4, -0.2) is 19.9 Å². The molecule has 4 N–H and O–H groups in total. The van der Waals surface area contributed by atoms with Crippen LogP contribution in [0.5, 0.6) is 0 Å². The average Bonchev–Trinajstić information content (AvgIpc) is 2.81. The van der Waals surface area contributed by atoms with Crippen LogP contribution < -0.4 is 16.6 Å². The fraction of sp³-hybridized carbons (Fsp3) is 0.222. The number of hydrazine groups is 1. The minimum absolute atomic E-state index is 0.0980. The lowest BCUT2D eigenvalue weighted by atomic mass is 10.4. The van der Waals surface area contributed by atoms with Crippen LogP contribution in [0.1, 0.15) is 9.88 Å². The van der Waals surface area contributed by atoms with Crippen molar-refractivity contribution >= 4 is 28.8 Å². The normalized spacial score (nSPS) is 10.2. The van der Waals surface area contributed by atoms with Gasteiger partial charge in [-0.3, -0.25) is 15.5 Å². The maximum Gasteiger partial charge on any atom is 0.329 e. The number of nitro groups is 1. The van der Waals surface area contributed by atoms with E-state index in [-0.39, 0.29) is 17.5 Å². The Balaban J connectivity index is 2.19. The molecule has 0 aliphatic rings. The zero-order chi connectivity index (χ0) is 13.8. The van der Waals surface area contributed by atoms with Crippen LogP contribution in [0.3, 0.4) is 0 Å². The quantitative estimate of drug-likeness (QED) is 0.421. The molecule has 0 bridgehead atoms. The van der Waals surface area contributed by atoms with Crippen LogP contribution in [0.25, 0.3) is 0 Å². The van der Waals surface area contributed by atoms with Crippen molar-refractivity contribution in [2.24, 2.45) is 5.84 Å². The molecule has 2 aromatic rings. The van der Waals surface area contributed by atoms with Crippen LogP contribution in [0.2, 0.25) is 0 Å². The van der Waals surface area contributed by atoms with Crippen LogP contribution in [-0.2, 0) is 6.54 Å². The van der Waals surface area contributed by atoms with Gasteiger partial charge in [-0.1, -0.05) is 0 Å². The second-order valence-electron chi connectivity index (χ2n) is 3.55. The van der Waals surface area contributed by atoms with Crippen LogP contribution in [0.15, 0.2) is 12.4 Å². The molecule has 2 heterocycles. The Bertz CT molecular complexity index is 600. The Hall–Kier alpha value is -2.33. The summed E-state index contributed by atoms with van der Waals surface area (Å²) in [6, 6.07) is 0. The van der Waals surface area contributed by atoms with Crippen molar-refractivity contribution in [1.82, 2.24) is 15.0 Å². The molecule has 0 saturated carbocycles. The van der Waals surface area contributed by atoms with Crippen molar-refractivity contribution in [1.29, 1.82) is 0 Å². The summed E-state index contributed by atoms with van der Waals surface area (Å²) in [5.74, 6) is 5.37. The van der Waals surface area contributed by atoms with Gasteiger partial charge in [0.2, 0.25) is 11.8 Å². The largest absolute Gasteiger partial charge is 0.358 e. The van der Waals surface area contributed by atoms with Crippen molar-refractivity contribution < 1.29 is 4.92 Å². The number of nitrogens with two attached hydrogens (primary N) is 1. The van der Waals surface area contributed by atoms with E-state index < -0.39 is 4.92 Å². The Morgan fingerprint density at radius 3 is 2.84 bits per heavy atom. The molecule has 19 heavy (non-hydrogen) atoms. The van der Waals surface area contributed by atoms with Crippen molar-refractivity contribution in [2.75, 3.05) is 10.7 Å². The molecule has 2 rings (SSSR count). The maximum absolute atomic E-state index is 10.9. The summed E-state index contributed by atoms with van der Waals surface area (Å²) in [5, 5.41) is 14.5. The molecule has 0 radical (unpaired) electrons. The van der Waals surface area contributed by atoms with Crippen molar-refractivity contribution in [3.05, 3.63) is 32.4 Å². The molecule has 0 aromatic carbocycles. The first-order valence-electron chi connectivity index (χ1n) is 5.23. The number of nitrogens with zero attached hydrogens (tertiary/aromatic N) is 4. The molecule has 0 aliphatic carbocycles. The Morgan fingerprint density at radius 2 is 2.26 bits per heavy atom.